The molecule has 1 amide bonds. The summed E-state index contributed by atoms with van der Waals surface area (Å²) < 4.78 is 40.8. The van der Waals surface area contributed by atoms with Gasteiger partial charge in [0, 0.05) is 19.0 Å². The molecular weight excluding hydrogens is 427 g/mol. The molecule has 2 heterocycles. The Morgan fingerprint density at radius 3 is 2.76 bits per heavy atom. The molecule has 0 unspecified atom stereocenters. The average Bonchev–Trinajstić information content (AvgIpc) is 3.17. The number of alkyl halides is 3. The summed E-state index contributed by atoms with van der Waals surface area (Å²) in [6.45, 7) is 0.527. The summed E-state index contributed by atoms with van der Waals surface area (Å²) in [4.78, 5) is 11.9. The topological polar surface area (TPSA) is 75.6 Å². The first kappa shape index (κ1) is 18.2. The van der Waals surface area contributed by atoms with E-state index in [4.69, 9.17) is 11.6 Å². The van der Waals surface area contributed by atoms with Gasteiger partial charge in [0.1, 0.15) is 5.69 Å². The second-order valence-corrected chi connectivity index (χ2v) is 6.98. The normalized spacial score (nSPS) is 14.8. The predicted octanol–water partition coefficient (Wildman–Crippen LogP) is 3.74. The van der Waals surface area contributed by atoms with Crippen LogP contribution in [0.1, 0.15) is 47.1 Å². The van der Waals surface area contributed by atoms with Gasteiger partial charge in [-0.1, -0.05) is 11.6 Å². The lowest BCUT2D eigenvalue weighted by atomic mass is 10.2. The van der Waals surface area contributed by atoms with Crippen molar-refractivity contribution in [2.45, 2.75) is 37.9 Å². The van der Waals surface area contributed by atoms with Gasteiger partial charge in [0.25, 0.3) is 5.91 Å². The molecule has 1 aliphatic rings. The van der Waals surface area contributed by atoms with Gasteiger partial charge in [-0.25, -0.2) is 0 Å². The lowest BCUT2D eigenvalue weighted by Crippen LogP contribution is -2.26. The Morgan fingerprint density at radius 1 is 1.48 bits per heavy atom. The van der Waals surface area contributed by atoms with Crippen LogP contribution in [-0.4, -0.2) is 32.4 Å². The molecule has 1 saturated carbocycles. The van der Waals surface area contributed by atoms with Crippen LogP contribution in [0.25, 0.3) is 0 Å². The number of nitrogens with zero attached hydrogens (tertiary/aromatic N) is 3. The van der Waals surface area contributed by atoms with Crippen LogP contribution >= 0.6 is 27.5 Å². The maximum absolute atomic E-state index is 13.0. The van der Waals surface area contributed by atoms with Crippen molar-refractivity contribution in [3.8, 4) is 0 Å². The Labute approximate surface area is 154 Å². The molecule has 0 aliphatic heterocycles. The zero-order valence-electron chi connectivity index (χ0n) is 12.8. The van der Waals surface area contributed by atoms with Gasteiger partial charge in [-0.15, -0.1) is 0 Å². The number of carbonyl (C=O) groups is 1. The van der Waals surface area contributed by atoms with E-state index in [0.717, 1.165) is 12.8 Å². The van der Waals surface area contributed by atoms with Crippen LogP contribution in [-0.2, 0) is 12.7 Å². The number of rotatable bonds is 6. The van der Waals surface area contributed by atoms with Crippen LogP contribution in [0.3, 0.4) is 0 Å². The Kier molecular flexibility index (Phi) is 5.10. The van der Waals surface area contributed by atoms with Gasteiger partial charge in [0.05, 0.1) is 21.4 Å². The SMILES string of the molecule is O=C(NCCCn1nc(C(F)(F)F)c(Cl)c1C1CC1)c1[nH]ncc1Br. The Bertz CT molecular complexity index is 784. The first-order chi connectivity index (χ1) is 11.8. The van der Waals surface area contributed by atoms with E-state index in [1.54, 1.807) is 0 Å². The number of hydrogen-bond donors (Lipinski definition) is 2. The molecule has 0 bridgehead atoms. The molecule has 3 rings (SSSR count). The van der Waals surface area contributed by atoms with Gasteiger partial charge in [-0.05, 0) is 35.2 Å². The van der Waals surface area contributed by atoms with Crippen LogP contribution in [0.5, 0.6) is 0 Å². The number of hydrogen-bond acceptors (Lipinski definition) is 3. The van der Waals surface area contributed by atoms with E-state index in [1.165, 1.54) is 10.9 Å². The third-order valence-electron chi connectivity index (χ3n) is 3.82. The molecule has 1 aliphatic carbocycles. The second kappa shape index (κ2) is 6.99. The van der Waals surface area contributed by atoms with Crippen molar-refractivity contribution >= 4 is 33.4 Å². The molecule has 6 nitrogen and oxygen atoms in total. The summed E-state index contributed by atoms with van der Waals surface area (Å²) in [5.74, 6) is -0.312. The number of halogens is 5. The van der Waals surface area contributed by atoms with Gasteiger partial charge in [0.2, 0.25) is 0 Å². The number of nitrogens with one attached hydrogen (secondary N) is 2. The predicted molar refractivity (Wildman–Crippen MR) is 87.5 cm³/mol. The Hall–Kier alpha value is -1.55. The minimum atomic E-state index is -4.58. The fourth-order valence-corrected chi connectivity index (χ4v) is 3.27. The Balaban J connectivity index is 1.61. The van der Waals surface area contributed by atoms with E-state index in [0.29, 0.717) is 22.3 Å². The standard InChI is InChI=1S/C14H14BrClF3N5O/c15-8-6-21-22-10(8)13(25)20-4-1-5-24-11(7-2-3-7)9(16)12(23-24)14(17,18)19/h6-7H,1-5H2,(H,20,25)(H,21,22). The summed E-state index contributed by atoms with van der Waals surface area (Å²) >= 11 is 9.09. The third kappa shape index (κ3) is 4.00. The van der Waals surface area contributed by atoms with Crippen molar-refractivity contribution in [2.75, 3.05) is 6.54 Å². The van der Waals surface area contributed by atoms with E-state index in [-0.39, 0.29) is 29.9 Å². The molecule has 2 aromatic rings. The quantitative estimate of drug-likeness (QED) is 0.672. The number of carbonyl (C=O) groups excluding carboxylic acids is 1. The number of amides is 1. The number of aryl methyl sites for hydroxylation is 1. The van der Waals surface area contributed by atoms with Gasteiger partial charge in [-0.2, -0.15) is 23.4 Å². The highest BCUT2D eigenvalue weighted by molar-refractivity contribution is 9.10. The molecule has 0 spiro atoms. The highest BCUT2D eigenvalue weighted by Crippen LogP contribution is 2.46. The van der Waals surface area contributed by atoms with Crippen LogP contribution in [0.2, 0.25) is 5.02 Å². The lowest BCUT2D eigenvalue weighted by molar-refractivity contribution is -0.141. The smallest absolute Gasteiger partial charge is 0.351 e. The zero-order valence-corrected chi connectivity index (χ0v) is 15.2. The van der Waals surface area contributed by atoms with E-state index in [1.807, 2.05) is 0 Å². The molecule has 0 saturated heterocycles. The highest BCUT2D eigenvalue weighted by Gasteiger charge is 2.41. The fraction of sp³-hybridized carbons (Fsp3) is 0.500. The van der Waals surface area contributed by atoms with Crippen LogP contribution in [0.4, 0.5) is 13.2 Å². The molecule has 2 aromatic heterocycles. The maximum atomic E-state index is 13.0. The highest BCUT2D eigenvalue weighted by atomic mass is 79.9. The van der Waals surface area contributed by atoms with E-state index in [2.05, 4.69) is 36.5 Å². The summed E-state index contributed by atoms with van der Waals surface area (Å²) in [7, 11) is 0. The summed E-state index contributed by atoms with van der Waals surface area (Å²) in [6.07, 6.45) is -1.07. The zero-order chi connectivity index (χ0) is 18.2. The minimum Gasteiger partial charge on any atom is -0.351 e. The molecule has 0 atom stereocenters. The maximum Gasteiger partial charge on any atom is 0.436 e. The van der Waals surface area contributed by atoms with Crippen molar-refractivity contribution in [1.29, 1.82) is 0 Å². The van der Waals surface area contributed by atoms with Crippen LogP contribution in [0, 0.1) is 0 Å². The average molecular weight is 441 g/mol. The van der Waals surface area contributed by atoms with Gasteiger partial charge in [0.15, 0.2) is 5.69 Å². The van der Waals surface area contributed by atoms with E-state index in [9.17, 15) is 18.0 Å². The van der Waals surface area contributed by atoms with Crippen molar-refractivity contribution in [1.82, 2.24) is 25.3 Å². The Morgan fingerprint density at radius 2 is 2.20 bits per heavy atom. The molecule has 25 heavy (non-hydrogen) atoms. The van der Waals surface area contributed by atoms with Crippen LogP contribution in [0.15, 0.2) is 10.7 Å². The molecule has 0 radical (unpaired) electrons. The summed E-state index contributed by atoms with van der Waals surface area (Å²) in [6, 6.07) is 0. The van der Waals surface area contributed by atoms with Crippen molar-refractivity contribution in [3.05, 3.63) is 32.8 Å². The van der Waals surface area contributed by atoms with E-state index >= 15 is 0 Å². The van der Waals surface area contributed by atoms with Gasteiger partial charge in [-0.3, -0.25) is 14.6 Å². The molecular formula is C14H14BrClF3N5O. The number of H-pyrrole nitrogens is 1. The summed E-state index contributed by atoms with van der Waals surface area (Å²) in [5, 5.41) is 12.3. The first-order valence-corrected chi connectivity index (χ1v) is 8.76. The van der Waals surface area contributed by atoms with Crippen molar-refractivity contribution in [3.63, 3.8) is 0 Å². The summed E-state index contributed by atoms with van der Waals surface area (Å²) in [5.41, 5.74) is -0.307. The molecule has 11 heteroatoms. The first-order valence-electron chi connectivity index (χ1n) is 7.59. The fourth-order valence-electron chi connectivity index (χ4n) is 2.50. The van der Waals surface area contributed by atoms with Crippen LogP contribution < -0.4 is 5.32 Å². The number of aromatic amines is 1. The van der Waals surface area contributed by atoms with E-state index < -0.39 is 11.9 Å². The number of aromatic nitrogens is 4. The minimum absolute atomic E-state index is 0.0339. The lowest BCUT2D eigenvalue weighted by Gasteiger charge is -2.08. The monoisotopic (exact) mass is 439 g/mol. The van der Waals surface area contributed by atoms with Gasteiger partial charge >= 0.3 is 6.18 Å². The van der Waals surface area contributed by atoms with Gasteiger partial charge < -0.3 is 5.32 Å². The second-order valence-electron chi connectivity index (χ2n) is 5.75. The van der Waals surface area contributed by atoms with Crippen molar-refractivity contribution < 1.29 is 18.0 Å². The molecule has 0 aromatic carbocycles. The molecule has 2 N–H and O–H groups in total. The largest absolute Gasteiger partial charge is 0.436 e. The third-order valence-corrected chi connectivity index (χ3v) is 4.79. The molecule has 136 valence electrons. The van der Waals surface area contributed by atoms with Crippen molar-refractivity contribution in [2.24, 2.45) is 0 Å². The molecule has 1 fully saturated rings.